The Morgan fingerprint density at radius 3 is 2.32 bits per heavy atom. The average Bonchev–Trinajstić information content (AvgIpc) is 2.38. The third-order valence-corrected chi connectivity index (χ3v) is 4.07. The second-order valence-corrected chi connectivity index (χ2v) is 5.73. The summed E-state index contributed by atoms with van der Waals surface area (Å²) in [6, 6.07) is 5.54. The SMILES string of the molecule is CCNc1ccc(S(=O)(=O)NC(C)C(=O)NC)cc1. The van der Waals surface area contributed by atoms with Crippen molar-refractivity contribution in [2.24, 2.45) is 0 Å². The fraction of sp³-hybridized carbons (Fsp3) is 0.417. The highest BCUT2D eigenvalue weighted by molar-refractivity contribution is 7.89. The van der Waals surface area contributed by atoms with Gasteiger partial charge in [0.05, 0.1) is 10.9 Å². The number of sulfonamides is 1. The highest BCUT2D eigenvalue weighted by Gasteiger charge is 2.20. The van der Waals surface area contributed by atoms with Crippen LogP contribution in [0.2, 0.25) is 0 Å². The Hall–Kier alpha value is -1.60. The molecule has 1 amide bonds. The number of anilines is 1. The quantitative estimate of drug-likeness (QED) is 0.711. The lowest BCUT2D eigenvalue weighted by Crippen LogP contribution is -2.43. The molecule has 0 bridgehead atoms. The molecule has 0 heterocycles. The van der Waals surface area contributed by atoms with E-state index in [9.17, 15) is 13.2 Å². The normalized spacial score (nSPS) is 12.8. The Kier molecular flexibility index (Phi) is 5.31. The van der Waals surface area contributed by atoms with E-state index in [1.165, 1.54) is 26.1 Å². The van der Waals surface area contributed by atoms with Gasteiger partial charge in [-0.05, 0) is 38.1 Å². The zero-order valence-electron chi connectivity index (χ0n) is 11.2. The van der Waals surface area contributed by atoms with Crippen LogP contribution in [0.4, 0.5) is 5.69 Å². The van der Waals surface area contributed by atoms with Crippen molar-refractivity contribution in [2.75, 3.05) is 18.9 Å². The molecule has 0 saturated heterocycles. The Morgan fingerprint density at radius 1 is 1.26 bits per heavy atom. The van der Waals surface area contributed by atoms with Gasteiger partial charge in [0.25, 0.3) is 0 Å². The first-order chi connectivity index (χ1) is 8.90. The predicted octanol–water partition coefficient (Wildman–Crippen LogP) is 0.531. The fourth-order valence-corrected chi connectivity index (χ4v) is 2.73. The molecule has 0 spiro atoms. The molecule has 3 N–H and O–H groups in total. The van der Waals surface area contributed by atoms with Gasteiger partial charge in [-0.25, -0.2) is 8.42 Å². The third-order valence-electron chi connectivity index (χ3n) is 2.52. The summed E-state index contributed by atoms with van der Waals surface area (Å²) < 4.78 is 26.4. The summed E-state index contributed by atoms with van der Waals surface area (Å²) in [7, 11) is -2.23. The van der Waals surface area contributed by atoms with Crippen molar-refractivity contribution in [3.05, 3.63) is 24.3 Å². The maximum absolute atomic E-state index is 12.0. The van der Waals surface area contributed by atoms with E-state index in [4.69, 9.17) is 0 Å². The van der Waals surface area contributed by atoms with Gasteiger partial charge in [-0.2, -0.15) is 4.72 Å². The van der Waals surface area contributed by atoms with Crippen molar-refractivity contribution in [3.8, 4) is 0 Å². The van der Waals surface area contributed by atoms with Crippen LogP contribution in [0.3, 0.4) is 0 Å². The van der Waals surface area contributed by atoms with Gasteiger partial charge in [0, 0.05) is 19.3 Å². The molecule has 1 aromatic rings. The zero-order valence-corrected chi connectivity index (χ0v) is 12.0. The van der Waals surface area contributed by atoms with E-state index in [-0.39, 0.29) is 10.8 Å². The van der Waals surface area contributed by atoms with Gasteiger partial charge in [-0.3, -0.25) is 4.79 Å². The van der Waals surface area contributed by atoms with Crippen molar-refractivity contribution in [1.29, 1.82) is 0 Å². The molecule has 0 fully saturated rings. The largest absolute Gasteiger partial charge is 0.385 e. The average molecular weight is 285 g/mol. The summed E-state index contributed by atoms with van der Waals surface area (Å²) in [4.78, 5) is 11.4. The number of benzene rings is 1. The molecule has 0 aliphatic rings. The van der Waals surface area contributed by atoms with Crippen molar-refractivity contribution in [1.82, 2.24) is 10.0 Å². The summed E-state index contributed by atoms with van der Waals surface area (Å²) in [5, 5.41) is 5.46. The second kappa shape index (κ2) is 6.53. The van der Waals surface area contributed by atoms with E-state index in [2.05, 4.69) is 15.4 Å². The lowest BCUT2D eigenvalue weighted by molar-refractivity contribution is -0.121. The number of rotatable bonds is 6. The zero-order chi connectivity index (χ0) is 14.5. The van der Waals surface area contributed by atoms with Crippen molar-refractivity contribution in [3.63, 3.8) is 0 Å². The first-order valence-electron chi connectivity index (χ1n) is 5.98. The minimum absolute atomic E-state index is 0.130. The molecule has 6 nitrogen and oxygen atoms in total. The number of hydrogen-bond acceptors (Lipinski definition) is 4. The van der Waals surface area contributed by atoms with Crippen LogP contribution in [0.1, 0.15) is 13.8 Å². The molecule has 0 aliphatic heterocycles. The molecule has 106 valence electrons. The van der Waals surface area contributed by atoms with E-state index in [0.717, 1.165) is 12.2 Å². The van der Waals surface area contributed by atoms with E-state index in [1.807, 2.05) is 6.92 Å². The molecule has 1 atom stereocenters. The Balaban J connectivity index is 2.85. The van der Waals surface area contributed by atoms with E-state index < -0.39 is 16.1 Å². The highest BCUT2D eigenvalue weighted by Crippen LogP contribution is 2.14. The Morgan fingerprint density at radius 2 is 1.84 bits per heavy atom. The van der Waals surface area contributed by atoms with Crippen LogP contribution >= 0.6 is 0 Å². The van der Waals surface area contributed by atoms with Gasteiger partial charge in [0.15, 0.2) is 0 Å². The lowest BCUT2D eigenvalue weighted by atomic mass is 10.3. The van der Waals surface area contributed by atoms with E-state index in [1.54, 1.807) is 12.1 Å². The number of nitrogens with one attached hydrogen (secondary N) is 3. The first kappa shape index (κ1) is 15.5. The number of hydrogen-bond donors (Lipinski definition) is 3. The van der Waals surface area contributed by atoms with Gasteiger partial charge in [-0.15, -0.1) is 0 Å². The van der Waals surface area contributed by atoms with Crippen LogP contribution in [-0.2, 0) is 14.8 Å². The predicted molar refractivity (Wildman–Crippen MR) is 74.5 cm³/mol. The maximum atomic E-state index is 12.0. The molecule has 7 heteroatoms. The Labute approximate surface area is 113 Å². The lowest BCUT2D eigenvalue weighted by Gasteiger charge is -2.13. The number of carbonyl (C=O) groups excluding carboxylic acids is 1. The van der Waals surface area contributed by atoms with Gasteiger partial charge < -0.3 is 10.6 Å². The van der Waals surface area contributed by atoms with Crippen molar-refractivity contribution < 1.29 is 13.2 Å². The standard InChI is InChI=1S/C12H19N3O3S/c1-4-14-10-5-7-11(8-6-10)19(17,18)15-9(2)12(16)13-3/h5-9,14-15H,4H2,1-3H3,(H,13,16). The fourth-order valence-electron chi connectivity index (χ4n) is 1.53. The summed E-state index contributed by atoms with van der Waals surface area (Å²) in [5.74, 6) is -0.382. The third kappa shape index (κ3) is 4.22. The highest BCUT2D eigenvalue weighted by atomic mass is 32.2. The van der Waals surface area contributed by atoms with Gasteiger partial charge in [0.1, 0.15) is 0 Å². The topological polar surface area (TPSA) is 87.3 Å². The molecule has 19 heavy (non-hydrogen) atoms. The van der Waals surface area contributed by atoms with Crippen LogP contribution in [0.15, 0.2) is 29.2 Å². The number of amides is 1. The van der Waals surface area contributed by atoms with Gasteiger partial charge in [0.2, 0.25) is 15.9 Å². The monoisotopic (exact) mass is 285 g/mol. The molecule has 0 saturated carbocycles. The van der Waals surface area contributed by atoms with E-state index >= 15 is 0 Å². The smallest absolute Gasteiger partial charge is 0.241 e. The van der Waals surface area contributed by atoms with Crippen LogP contribution in [0, 0.1) is 0 Å². The van der Waals surface area contributed by atoms with Gasteiger partial charge >= 0.3 is 0 Å². The molecule has 0 aliphatic carbocycles. The van der Waals surface area contributed by atoms with E-state index in [0.29, 0.717) is 0 Å². The molecule has 1 aromatic carbocycles. The van der Waals surface area contributed by atoms with Crippen LogP contribution in [0.5, 0.6) is 0 Å². The second-order valence-electron chi connectivity index (χ2n) is 4.01. The summed E-state index contributed by atoms with van der Waals surface area (Å²) in [6.07, 6.45) is 0. The van der Waals surface area contributed by atoms with Crippen LogP contribution in [0.25, 0.3) is 0 Å². The minimum Gasteiger partial charge on any atom is -0.385 e. The number of likely N-dealkylation sites (N-methyl/N-ethyl adjacent to an activating group) is 1. The molecule has 1 rings (SSSR count). The molecule has 0 radical (unpaired) electrons. The Bertz CT molecular complexity index is 526. The summed E-state index contributed by atoms with van der Waals surface area (Å²) in [5.41, 5.74) is 0.848. The first-order valence-corrected chi connectivity index (χ1v) is 7.47. The molecule has 1 unspecified atom stereocenters. The van der Waals surface area contributed by atoms with Gasteiger partial charge in [-0.1, -0.05) is 0 Å². The van der Waals surface area contributed by atoms with Crippen molar-refractivity contribution >= 4 is 21.6 Å². The maximum Gasteiger partial charge on any atom is 0.241 e. The number of carbonyl (C=O) groups is 1. The van der Waals surface area contributed by atoms with Crippen LogP contribution < -0.4 is 15.4 Å². The minimum atomic E-state index is -3.68. The summed E-state index contributed by atoms with van der Waals surface area (Å²) in [6.45, 7) is 4.21. The summed E-state index contributed by atoms with van der Waals surface area (Å²) >= 11 is 0. The molecular formula is C12H19N3O3S. The molecular weight excluding hydrogens is 266 g/mol. The van der Waals surface area contributed by atoms with Crippen molar-refractivity contribution in [2.45, 2.75) is 24.8 Å². The molecule has 0 aromatic heterocycles. The van der Waals surface area contributed by atoms with Crippen LogP contribution in [-0.4, -0.2) is 34.0 Å².